The van der Waals surface area contributed by atoms with Gasteiger partial charge in [0.25, 0.3) is 0 Å². The summed E-state index contributed by atoms with van der Waals surface area (Å²) in [5, 5.41) is 0. The molecule has 0 bridgehead atoms. The first-order valence-corrected chi connectivity index (χ1v) is 8.95. The van der Waals surface area contributed by atoms with Crippen molar-refractivity contribution in [2.24, 2.45) is 0 Å². The molecule has 1 saturated carbocycles. The van der Waals surface area contributed by atoms with Gasteiger partial charge >= 0.3 is 0 Å². The number of pyridine rings is 1. The summed E-state index contributed by atoms with van der Waals surface area (Å²) in [4.78, 5) is 4.29. The highest BCUT2D eigenvalue weighted by Gasteiger charge is 2.27. The van der Waals surface area contributed by atoms with Crippen LogP contribution in [0.25, 0.3) is 0 Å². The Morgan fingerprint density at radius 3 is 2.67 bits per heavy atom. The van der Waals surface area contributed by atoms with Gasteiger partial charge in [0.1, 0.15) is 4.90 Å². The van der Waals surface area contributed by atoms with Crippen molar-refractivity contribution in [1.82, 2.24) is 9.71 Å². The molecule has 100 valence electrons. The first kappa shape index (κ1) is 14.4. The molecule has 1 aliphatic carbocycles. The highest BCUT2D eigenvalue weighted by molar-refractivity contribution is 9.10. The van der Waals surface area contributed by atoms with Crippen molar-refractivity contribution in [2.75, 3.05) is 0 Å². The topological polar surface area (TPSA) is 59.1 Å². The molecule has 0 radical (unpaired) electrons. The summed E-state index contributed by atoms with van der Waals surface area (Å²) in [7, 11) is -3.49. The Bertz CT molecular complexity index is 522. The van der Waals surface area contributed by atoms with E-state index >= 15 is 0 Å². The SMILES string of the molecule is O=S(=O)(NC1CCCCC1Br)c1cncc(Br)c1. The van der Waals surface area contributed by atoms with Crippen LogP contribution in [0.5, 0.6) is 0 Å². The van der Waals surface area contributed by atoms with Crippen molar-refractivity contribution in [3.63, 3.8) is 0 Å². The minimum atomic E-state index is -3.49. The first-order chi connectivity index (χ1) is 8.49. The second kappa shape index (κ2) is 5.98. The Morgan fingerprint density at radius 2 is 2.00 bits per heavy atom. The minimum Gasteiger partial charge on any atom is -0.262 e. The van der Waals surface area contributed by atoms with Crippen LogP contribution >= 0.6 is 31.9 Å². The molecule has 2 atom stereocenters. The molecule has 1 aliphatic rings. The van der Waals surface area contributed by atoms with E-state index in [-0.39, 0.29) is 15.8 Å². The highest BCUT2D eigenvalue weighted by Crippen LogP contribution is 2.26. The average Bonchev–Trinajstić information content (AvgIpc) is 2.32. The number of sulfonamides is 1. The van der Waals surface area contributed by atoms with E-state index in [1.165, 1.54) is 6.20 Å². The van der Waals surface area contributed by atoms with Gasteiger partial charge in [0.05, 0.1) is 0 Å². The van der Waals surface area contributed by atoms with Crippen LogP contribution in [-0.4, -0.2) is 24.3 Å². The first-order valence-electron chi connectivity index (χ1n) is 5.76. The summed E-state index contributed by atoms with van der Waals surface area (Å²) in [6.07, 6.45) is 7.01. The molecule has 0 spiro atoms. The Labute approximate surface area is 124 Å². The number of nitrogens with one attached hydrogen (secondary N) is 1. The van der Waals surface area contributed by atoms with E-state index in [0.29, 0.717) is 4.47 Å². The van der Waals surface area contributed by atoms with Crippen LogP contribution in [0.3, 0.4) is 0 Å². The van der Waals surface area contributed by atoms with E-state index < -0.39 is 10.0 Å². The largest absolute Gasteiger partial charge is 0.262 e. The van der Waals surface area contributed by atoms with Crippen molar-refractivity contribution in [3.05, 3.63) is 22.9 Å². The van der Waals surface area contributed by atoms with Gasteiger partial charge in [-0.3, -0.25) is 4.98 Å². The van der Waals surface area contributed by atoms with Crippen LogP contribution in [0.1, 0.15) is 25.7 Å². The molecular weight excluding hydrogens is 384 g/mol. The van der Waals surface area contributed by atoms with Gasteiger partial charge in [-0.15, -0.1) is 0 Å². The van der Waals surface area contributed by atoms with Crippen LogP contribution in [0, 0.1) is 0 Å². The zero-order valence-corrected chi connectivity index (χ0v) is 13.6. The van der Waals surface area contributed by atoms with E-state index in [1.54, 1.807) is 12.3 Å². The molecule has 1 aromatic heterocycles. The van der Waals surface area contributed by atoms with Gasteiger partial charge in [-0.25, -0.2) is 13.1 Å². The van der Waals surface area contributed by atoms with Crippen molar-refractivity contribution in [1.29, 1.82) is 0 Å². The summed E-state index contributed by atoms with van der Waals surface area (Å²) in [5.41, 5.74) is 0. The number of hydrogen-bond donors (Lipinski definition) is 1. The van der Waals surface area contributed by atoms with E-state index in [9.17, 15) is 8.42 Å². The summed E-state index contributed by atoms with van der Waals surface area (Å²) >= 11 is 6.77. The lowest BCUT2D eigenvalue weighted by atomic mass is 9.96. The maximum absolute atomic E-state index is 12.2. The second-order valence-electron chi connectivity index (χ2n) is 4.37. The standard InChI is InChI=1S/C11H14Br2N2O2S/c12-8-5-9(7-14-6-8)18(16,17)15-11-4-2-1-3-10(11)13/h5-7,10-11,15H,1-4H2. The maximum atomic E-state index is 12.2. The van der Waals surface area contributed by atoms with Gasteiger partial charge in [-0.2, -0.15) is 0 Å². The van der Waals surface area contributed by atoms with E-state index in [0.717, 1.165) is 25.7 Å². The fourth-order valence-electron chi connectivity index (χ4n) is 2.03. The van der Waals surface area contributed by atoms with E-state index in [1.807, 2.05) is 0 Å². The number of aromatic nitrogens is 1. The van der Waals surface area contributed by atoms with E-state index in [4.69, 9.17) is 0 Å². The predicted octanol–water partition coefficient (Wildman–Crippen LogP) is 2.83. The predicted molar refractivity (Wildman–Crippen MR) is 77.2 cm³/mol. The fourth-order valence-corrected chi connectivity index (χ4v) is 4.74. The Morgan fingerprint density at radius 1 is 1.28 bits per heavy atom. The Balaban J connectivity index is 2.16. The average molecular weight is 398 g/mol. The van der Waals surface area contributed by atoms with Gasteiger partial charge in [0, 0.05) is 27.7 Å². The van der Waals surface area contributed by atoms with Crippen molar-refractivity contribution in [3.8, 4) is 0 Å². The van der Waals surface area contributed by atoms with Gasteiger partial charge in [-0.05, 0) is 34.8 Å². The molecule has 1 aromatic rings. The normalized spacial score (nSPS) is 25.0. The molecule has 18 heavy (non-hydrogen) atoms. The summed E-state index contributed by atoms with van der Waals surface area (Å²) < 4.78 is 27.8. The number of hydrogen-bond acceptors (Lipinski definition) is 3. The van der Waals surface area contributed by atoms with Gasteiger partial charge in [0.15, 0.2) is 0 Å². The van der Waals surface area contributed by atoms with Crippen molar-refractivity contribution >= 4 is 41.9 Å². The monoisotopic (exact) mass is 396 g/mol. The lowest BCUT2D eigenvalue weighted by Gasteiger charge is -2.27. The van der Waals surface area contributed by atoms with Gasteiger partial charge < -0.3 is 0 Å². The number of halogens is 2. The Hall–Kier alpha value is 0.0200. The molecule has 2 unspecified atom stereocenters. The van der Waals surface area contributed by atoms with Crippen LogP contribution in [0.15, 0.2) is 27.8 Å². The Kier molecular flexibility index (Phi) is 4.80. The smallest absolute Gasteiger partial charge is 0.242 e. The molecule has 0 amide bonds. The van der Waals surface area contributed by atoms with Crippen LogP contribution in [0.2, 0.25) is 0 Å². The molecule has 1 heterocycles. The molecule has 7 heteroatoms. The number of alkyl halides is 1. The van der Waals surface area contributed by atoms with Crippen LogP contribution in [0.4, 0.5) is 0 Å². The minimum absolute atomic E-state index is 0.0391. The third kappa shape index (κ3) is 3.53. The maximum Gasteiger partial charge on any atom is 0.242 e. The molecule has 4 nitrogen and oxygen atoms in total. The van der Waals surface area contributed by atoms with Gasteiger partial charge in [-0.1, -0.05) is 28.8 Å². The van der Waals surface area contributed by atoms with Crippen LogP contribution < -0.4 is 4.72 Å². The zero-order chi connectivity index (χ0) is 13.2. The van der Waals surface area contributed by atoms with E-state index in [2.05, 4.69) is 41.6 Å². The molecule has 0 aliphatic heterocycles. The van der Waals surface area contributed by atoms with Crippen molar-refractivity contribution in [2.45, 2.75) is 41.4 Å². The lowest BCUT2D eigenvalue weighted by Crippen LogP contribution is -2.42. The molecule has 1 fully saturated rings. The highest BCUT2D eigenvalue weighted by atomic mass is 79.9. The zero-order valence-electron chi connectivity index (χ0n) is 9.64. The molecule has 0 aromatic carbocycles. The molecular formula is C11H14Br2N2O2S. The lowest BCUT2D eigenvalue weighted by molar-refractivity contribution is 0.427. The third-order valence-corrected chi connectivity index (χ3v) is 5.96. The van der Waals surface area contributed by atoms with Crippen LogP contribution in [-0.2, 0) is 10.0 Å². The summed E-state index contributed by atoms with van der Waals surface area (Å²) in [6.45, 7) is 0. The summed E-state index contributed by atoms with van der Waals surface area (Å²) in [5.74, 6) is 0. The fraction of sp³-hybridized carbons (Fsp3) is 0.545. The van der Waals surface area contributed by atoms with Crippen molar-refractivity contribution < 1.29 is 8.42 Å². The van der Waals surface area contributed by atoms with Gasteiger partial charge in [0.2, 0.25) is 10.0 Å². The third-order valence-electron chi connectivity index (χ3n) is 2.98. The number of rotatable bonds is 3. The second-order valence-corrected chi connectivity index (χ2v) is 8.17. The number of nitrogens with zero attached hydrogens (tertiary/aromatic N) is 1. The quantitative estimate of drug-likeness (QED) is 0.797. The molecule has 2 rings (SSSR count). The molecule has 0 saturated heterocycles. The molecule has 1 N–H and O–H groups in total. The summed E-state index contributed by atoms with van der Waals surface area (Å²) in [6, 6.07) is 1.52.